The summed E-state index contributed by atoms with van der Waals surface area (Å²) in [5.41, 5.74) is 13.9. The molecule has 52 heavy (non-hydrogen) atoms. The summed E-state index contributed by atoms with van der Waals surface area (Å²) in [7, 11) is 0. The molecule has 0 N–H and O–H groups in total. The van der Waals surface area contributed by atoms with Crippen LogP contribution in [0.5, 0.6) is 0 Å². The summed E-state index contributed by atoms with van der Waals surface area (Å²) in [5.74, 6) is 1.39. The van der Waals surface area contributed by atoms with E-state index in [2.05, 4.69) is 115 Å². The highest BCUT2D eigenvalue weighted by Crippen LogP contribution is 2.50. The molecule has 1 atom stereocenters. The summed E-state index contributed by atoms with van der Waals surface area (Å²) in [6, 6.07) is 43.4. The SMILES string of the molecule is CC1(C)c2ccccc2-c2ccc(-c3ccc4c(c3)c3ccccc3n4C3=CC(c4nc5ccccn5n4)=CC(c4nc5ccccn5n4)C3)cc21. The third-order valence-electron chi connectivity index (χ3n) is 11.1. The number of nitrogens with zero attached hydrogens (tertiary/aromatic N) is 7. The number of para-hydroxylation sites is 1. The first-order chi connectivity index (χ1) is 25.5. The largest absolute Gasteiger partial charge is 0.313 e. The van der Waals surface area contributed by atoms with Crippen molar-refractivity contribution in [3.8, 4) is 22.3 Å². The Balaban J connectivity index is 1.07. The zero-order chi connectivity index (χ0) is 34.6. The lowest BCUT2D eigenvalue weighted by Gasteiger charge is -2.22. The second kappa shape index (κ2) is 10.7. The van der Waals surface area contributed by atoms with E-state index in [1.54, 1.807) is 0 Å². The van der Waals surface area contributed by atoms with E-state index in [0.717, 1.165) is 45.8 Å². The number of allylic oxidation sites excluding steroid dienone is 4. The molecule has 0 spiro atoms. The zero-order valence-electron chi connectivity index (χ0n) is 28.8. The van der Waals surface area contributed by atoms with Gasteiger partial charge in [-0.2, -0.15) is 5.10 Å². The molecule has 9 aromatic rings. The Hall–Kier alpha value is -6.60. The second-order valence-electron chi connectivity index (χ2n) is 14.5. The minimum atomic E-state index is -0.0733. The van der Waals surface area contributed by atoms with E-state index >= 15 is 0 Å². The van der Waals surface area contributed by atoms with E-state index in [9.17, 15) is 0 Å². The van der Waals surface area contributed by atoms with Crippen molar-refractivity contribution in [2.45, 2.75) is 31.6 Å². The molecule has 7 heteroatoms. The topological polar surface area (TPSA) is 65.3 Å². The minimum absolute atomic E-state index is 0.0527. The van der Waals surface area contributed by atoms with Crippen molar-refractivity contribution in [3.63, 3.8) is 0 Å². The van der Waals surface area contributed by atoms with Crippen molar-refractivity contribution < 1.29 is 0 Å². The third kappa shape index (κ3) is 4.26. The average molecular weight is 672 g/mol. The molecular formula is C45H33N7. The van der Waals surface area contributed by atoms with E-state index in [1.807, 2.05) is 57.8 Å². The Morgan fingerprint density at radius 2 is 1.31 bits per heavy atom. The fourth-order valence-corrected chi connectivity index (χ4v) is 8.55. The van der Waals surface area contributed by atoms with Crippen molar-refractivity contribution in [2.75, 3.05) is 0 Å². The number of hydrogen-bond donors (Lipinski definition) is 0. The van der Waals surface area contributed by atoms with Crippen LogP contribution in [-0.2, 0) is 5.41 Å². The van der Waals surface area contributed by atoms with Crippen LogP contribution in [0.2, 0.25) is 0 Å². The lowest BCUT2D eigenvalue weighted by atomic mass is 9.81. The van der Waals surface area contributed by atoms with Gasteiger partial charge in [0.25, 0.3) is 0 Å². The predicted octanol–water partition coefficient (Wildman–Crippen LogP) is 9.97. The highest BCUT2D eigenvalue weighted by molar-refractivity contribution is 6.11. The van der Waals surface area contributed by atoms with Gasteiger partial charge in [-0.1, -0.05) is 92.7 Å². The first kappa shape index (κ1) is 29.2. The summed E-state index contributed by atoms with van der Waals surface area (Å²) in [5, 5.41) is 12.2. The van der Waals surface area contributed by atoms with Gasteiger partial charge in [-0.05, 0) is 88.0 Å². The Bertz CT molecular complexity index is 2920. The first-order valence-corrected chi connectivity index (χ1v) is 17.8. The van der Waals surface area contributed by atoms with Crippen LogP contribution in [0.25, 0.3) is 66.6 Å². The quantitative estimate of drug-likeness (QED) is 0.187. The van der Waals surface area contributed by atoms with Crippen molar-refractivity contribution in [1.29, 1.82) is 0 Å². The number of hydrogen-bond acceptors (Lipinski definition) is 4. The predicted molar refractivity (Wildman–Crippen MR) is 208 cm³/mol. The number of aromatic nitrogens is 7. The molecule has 2 aliphatic carbocycles. The second-order valence-corrected chi connectivity index (χ2v) is 14.5. The summed E-state index contributed by atoms with van der Waals surface area (Å²) < 4.78 is 6.10. The van der Waals surface area contributed by atoms with Crippen molar-refractivity contribution >= 4 is 44.4 Å². The summed E-state index contributed by atoms with van der Waals surface area (Å²) in [6.07, 6.45) is 9.09. The van der Waals surface area contributed by atoms with Gasteiger partial charge in [-0.25, -0.2) is 19.0 Å². The summed E-state index contributed by atoms with van der Waals surface area (Å²) in [6.45, 7) is 4.69. The van der Waals surface area contributed by atoms with Crippen LogP contribution in [0.1, 0.15) is 49.0 Å². The monoisotopic (exact) mass is 671 g/mol. The fourth-order valence-electron chi connectivity index (χ4n) is 8.55. The number of rotatable bonds is 4. The molecule has 0 aliphatic heterocycles. The molecule has 0 bridgehead atoms. The van der Waals surface area contributed by atoms with Gasteiger partial charge in [-0.3, -0.25) is 0 Å². The minimum Gasteiger partial charge on any atom is -0.313 e. The Kier molecular flexibility index (Phi) is 6.00. The van der Waals surface area contributed by atoms with Gasteiger partial charge in [0.05, 0.1) is 11.0 Å². The first-order valence-electron chi connectivity index (χ1n) is 17.8. The molecule has 5 aromatic heterocycles. The smallest absolute Gasteiger partial charge is 0.181 e. The molecule has 0 saturated heterocycles. The summed E-state index contributed by atoms with van der Waals surface area (Å²) in [4.78, 5) is 9.89. The highest BCUT2D eigenvalue weighted by atomic mass is 15.3. The van der Waals surface area contributed by atoms with Gasteiger partial charge in [-0.15, -0.1) is 5.10 Å². The van der Waals surface area contributed by atoms with E-state index in [-0.39, 0.29) is 11.3 Å². The molecule has 11 rings (SSSR count). The van der Waals surface area contributed by atoms with Crippen molar-refractivity contribution in [2.24, 2.45) is 0 Å². The molecular weight excluding hydrogens is 639 g/mol. The molecule has 248 valence electrons. The maximum absolute atomic E-state index is 4.97. The average Bonchev–Trinajstić information content (AvgIpc) is 3.95. The van der Waals surface area contributed by atoms with Crippen LogP contribution in [0.3, 0.4) is 0 Å². The van der Waals surface area contributed by atoms with E-state index in [4.69, 9.17) is 20.2 Å². The van der Waals surface area contributed by atoms with Crippen molar-refractivity contribution in [1.82, 2.24) is 33.8 Å². The van der Waals surface area contributed by atoms with Gasteiger partial charge in [0, 0.05) is 52.2 Å². The molecule has 2 aliphatic rings. The van der Waals surface area contributed by atoms with E-state index < -0.39 is 0 Å². The molecule has 5 heterocycles. The lowest BCUT2D eigenvalue weighted by molar-refractivity contribution is 0.660. The number of benzene rings is 4. The third-order valence-corrected chi connectivity index (χ3v) is 11.1. The van der Waals surface area contributed by atoms with E-state index in [1.165, 1.54) is 44.2 Å². The van der Waals surface area contributed by atoms with Crippen LogP contribution < -0.4 is 0 Å². The van der Waals surface area contributed by atoms with Crippen molar-refractivity contribution in [3.05, 3.63) is 169 Å². The Labute approximate surface area is 299 Å². The van der Waals surface area contributed by atoms with Crippen LogP contribution in [0.15, 0.2) is 146 Å². The van der Waals surface area contributed by atoms with Crippen LogP contribution in [-0.4, -0.2) is 33.8 Å². The number of pyridine rings is 2. The van der Waals surface area contributed by atoms with Gasteiger partial charge in [0.15, 0.2) is 22.9 Å². The molecule has 0 fully saturated rings. The summed E-state index contributed by atoms with van der Waals surface area (Å²) >= 11 is 0. The van der Waals surface area contributed by atoms with Crippen LogP contribution in [0, 0.1) is 0 Å². The Morgan fingerprint density at radius 1 is 0.615 bits per heavy atom. The lowest BCUT2D eigenvalue weighted by Crippen LogP contribution is -2.14. The van der Waals surface area contributed by atoms with Crippen LogP contribution >= 0.6 is 0 Å². The molecule has 0 saturated carbocycles. The Morgan fingerprint density at radius 3 is 2.15 bits per heavy atom. The molecule has 1 unspecified atom stereocenters. The fraction of sp³-hybridized carbons (Fsp3) is 0.111. The highest BCUT2D eigenvalue weighted by Gasteiger charge is 2.35. The van der Waals surface area contributed by atoms with Gasteiger partial charge in [0.2, 0.25) is 0 Å². The normalized spacial score (nSPS) is 16.4. The van der Waals surface area contributed by atoms with Crippen LogP contribution in [0.4, 0.5) is 0 Å². The standard InChI is InChI=1S/C45H33N7/c1-45(2)37-13-5-3-11-33(37)34-19-17-29(27-38(34)45)28-18-20-40-36(26-28)35-12-4-6-14-39(35)52(40)32-24-30(43-46-41-15-7-9-21-50(41)48-43)23-31(25-32)44-47-42-16-8-10-22-51(42)49-44/h3-24,26-27,31H,25H2,1-2H3. The molecule has 7 nitrogen and oxygen atoms in total. The maximum Gasteiger partial charge on any atom is 0.181 e. The van der Waals surface area contributed by atoms with Gasteiger partial charge >= 0.3 is 0 Å². The van der Waals surface area contributed by atoms with Gasteiger partial charge in [0.1, 0.15) is 0 Å². The molecule has 0 amide bonds. The zero-order valence-corrected chi connectivity index (χ0v) is 28.8. The number of fused-ring (bicyclic) bond motifs is 8. The molecule has 4 aromatic carbocycles. The van der Waals surface area contributed by atoms with E-state index in [0.29, 0.717) is 5.82 Å². The van der Waals surface area contributed by atoms with Gasteiger partial charge < -0.3 is 4.57 Å². The molecule has 0 radical (unpaired) electrons. The maximum atomic E-state index is 4.97.